The van der Waals surface area contributed by atoms with Crippen molar-refractivity contribution < 1.29 is 63.1 Å². The van der Waals surface area contributed by atoms with Crippen LogP contribution in [0.5, 0.6) is 0 Å². The average Bonchev–Trinajstić information content (AvgIpc) is 3.24. The normalized spacial score (nSPS) is 22.4. The van der Waals surface area contributed by atoms with Gasteiger partial charge in [-0.2, -0.15) is 0 Å². The molecule has 0 bridgehead atoms. The Labute approximate surface area is 367 Å². The summed E-state index contributed by atoms with van der Waals surface area (Å²) in [6.07, 6.45) is 30.3. The van der Waals surface area contributed by atoms with Gasteiger partial charge in [0.05, 0.1) is 6.61 Å². The number of ether oxygens (including phenoxy) is 2. The second-order valence-corrected chi connectivity index (χ2v) is 17.7. The summed E-state index contributed by atoms with van der Waals surface area (Å²) in [5.41, 5.74) is 0. The maximum absolute atomic E-state index is 12.8. The van der Waals surface area contributed by atoms with Gasteiger partial charge in [0.25, 0.3) is 0 Å². The Balaban J connectivity index is 2.50. The van der Waals surface area contributed by atoms with Crippen LogP contribution >= 0.6 is 7.82 Å². The molecule has 13 nitrogen and oxygen atoms in total. The van der Waals surface area contributed by atoms with Gasteiger partial charge < -0.3 is 39.9 Å². The highest BCUT2D eigenvalue weighted by atomic mass is 31.2. The molecular weight excluding hydrogens is 803 g/mol. The molecule has 0 aromatic carbocycles. The summed E-state index contributed by atoms with van der Waals surface area (Å²) in [7, 11) is -5.13. The molecule has 61 heavy (non-hydrogen) atoms. The van der Waals surface area contributed by atoms with Gasteiger partial charge in [0, 0.05) is 12.8 Å². The number of hydrogen-bond acceptors (Lipinski definition) is 12. The van der Waals surface area contributed by atoms with Crippen LogP contribution in [0.15, 0.2) is 48.6 Å². The quantitative estimate of drug-likeness (QED) is 0.0148. The van der Waals surface area contributed by atoms with E-state index in [-0.39, 0.29) is 12.8 Å². The van der Waals surface area contributed by atoms with E-state index in [2.05, 4.69) is 56.4 Å². The largest absolute Gasteiger partial charge is 0.472 e. The molecule has 0 heterocycles. The number of phosphoric acid groups is 1. The molecule has 1 fully saturated rings. The van der Waals surface area contributed by atoms with Crippen LogP contribution in [0.25, 0.3) is 0 Å². The third-order valence-corrected chi connectivity index (χ3v) is 11.6. The minimum atomic E-state index is -5.13. The monoisotopic (exact) mass is 887 g/mol. The number of esters is 2. The lowest BCUT2D eigenvalue weighted by Gasteiger charge is -2.41. The zero-order valence-electron chi connectivity index (χ0n) is 37.4. The molecule has 0 amide bonds. The molecule has 0 aliphatic heterocycles. The van der Waals surface area contributed by atoms with Gasteiger partial charge in [-0.1, -0.05) is 152 Å². The number of rotatable bonds is 38. The van der Waals surface area contributed by atoms with E-state index in [1.165, 1.54) is 83.5 Å². The van der Waals surface area contributed by atoms with Crippen molar-refractivity contribution in [3.63, 3.8) is 0 Å². The van der Waals surface area contributed by atoms with Crippen molar-refractivity contribution in [2.75, 3.05) is 13.2 Å². The smallest absolute Gasteiger partial charge is 0.462 e. The number of allylic oxidation sites excluding steroid dienone is 8. The lowest BCUT2D eigenvalue weighted by molar-refractivity contribution is -0.220. The third-order valence-electron chi connectivity index (χ3n) is 10.7. The second kappa shape index (κ2) is 37.2. The minimum Gasteiger partial charge on any atom is -0.462 e. The van der Waals surface area contributed by atoms with Crippen LogP contribution in [0.4, 0.5) is 0 Å². The zero-order chi connectivity index (χ0) is 45.0. The van der Waals surface area contributed by atoms with Crippen LogP contribution in [0.1, 0.15) is 181 Å². The van der Waals surface area contributed by atoms with Gasteiger partial charge in [0.15, 0.2) is 6.10 Å². The van der Waals surface area contributed by atoms with E-state index in [0.717, 1.165) is 57.8 Å². The highest BCUT2D eigenvalue weighted by Gasteiger charge is 2.51. The lowest BCUT2D eigenvalue weighted by atomic mass is 9.85. The zero-order valence-corrected chi connectivity index (χ0v) is 38.3. The summed E-state index contributed by atoms with van der Waals surface area (Å²) in [6, 6.07) is 0. The lowest BCUT2D eigenvalue weighted by Crippen LogP contribution is -2.64. The molecule has 0 aromatic heterocycles. The van der Waals surface area contributed by atoms with E-state index in [9.17, 15) is 44.6 Å². The first-order valence-corrected chi connectivity index (χ1v) is 24.9. The molecule has 1 saturated carbocycles. The summed E-state index contributed by atoms with van der Waals surface area (Å²) in [5, 5.41) is 50.1. The molecule has 6 N–H and O–H groups in total. The number of phosphoric ester groups is 1. The summed E-state index contributed by atoms with van der Waals surface area (Å²) in [6.45, 7) is 3.22. The number of carbonyl (C=O) groups excluding carboxylic acids is 2. The first-order chi connectivity index (χ1) is 29.4. The predicted octanol–water partition coefficient (Wildman–Crippen LogP) is 9.17. The number of hydrogen-bond donors (Lipinski definition) is 6. The highest BCUT2D eigenvalue weighted by molar-refractivity contribution is 7.47. The van der Waals surface area contributed by atoms with Gasteiger partial charge in [-0.05, 0) is 64.2 Å². The molecule has 0 radical (unpaired) electrons. The Hall–Kier alpha value is -2.19. The number of aliphatic hydroxyl groups excluding tert-OH is 5. The maximum Gasteiger partial charge on any atom is 0.472 e. The third kappa shape index (κ3) is 29.7. The Morgan fingerprint density at radius 1 is 0.508 bits per heavy atom. The van der Waals surface area contributed by atoms with Gasteiger partial charge in [0.2, 0.25) is 0 Å². The van der Waals surface area contributed by atoms with Crippen molar-refractivity contribution in [3.8, 4) is 0 Å². The van der Waals surface area contributed by atoms with Crippen LogP contribution in [0.3, 0.4) is 0 Å². The Morgan fingerprint density at radius 3 is 1.46 bits per heavy atom. The van der Waals surface area contributed by atoms with Crippen LogP contribution in [-0.4, -0.2) is 98.3 Å². The SMILES string of the molecule is CCCCC/C=C/C/C=C/C/C=C/CCCCCCC(=O)O[C@H](COC(=O)CC/C=C/CCCCCCCCCCCCC)COP(=O)(O)OC1C(O)C(O)C(O)[C@H](O)C1O. The van der Waals surface area contributed by atoms with Gasteiger partial charge in [-0.15, -0.1) is 0 Å². The molecule has 0 saturated heterocycles. The summed E-state index contributed by atoms with van der Waals surface area (Å²) < 4.78 is 33.5. The van der Waals surface area contributed by atoms with Crippen molar-refractivity contribution in [3.05, 3.63) is 48.6 Å². The molecule has 0 spiro atoms. The summed E-state index contributed by atoms with van der Waals surface area (Å²) in [4.78, 5) is 35.7. The Morgan fingerprint density at radius 2 is 0.918 bits per heavy atom. The first-order valence-electron chi connectivity index (χ1n) is 23.4. The summed E-state index contributed by atoms with van der Waals surface area (Å²) in [5.74, 6) is -1.18. The average molecular weight is 887 g/mol. The van der Waals surface area contributed by atoms with E-state index < -0.39 is 75.7 Å². The second-order valence-electron chi connectivity index (χ2n) is 16.3. The van der Waals surface area contributed by atoms with E-state index in [1.54, 1.807) is 0 Å². The fraction of sp³-hybridized carbons (Fsp3) is 0.787. The van der Waals surface area contributed by atoms with Gasteiger partial charge in [0.1, 0.15) is 43.2 Å². The Kier molecular flexibility index (Phi) is 34.7. The van der Waals surface area contributed by atoms with Gasteiger partial charge in [-0.25, -0.2) is 4.57 Å². The molecule has 0 aromatic rings. The molecule has 6 unspecified atom stereocenters. The molecule has 14 heteroatoms. The molecule has 1 rings (SSSR count). The molecule has 1 aliphatic rings. The van der Waals surface area contributed by atoms with E-state index in [1.807, 2.05) is 6.08 Å². The van der Waals surface area contributed by atoms with E-state index in [0.29, 0.717) is 12.8 Å². The molecular formula is C47H83O13P. The van der Waals surface area contributed by atoms with Gasteiger partial charge in [-0.3, -0.25) is 18.6 Å². The summed E-state index contributed by atoms with van der Waals surface area (Å²) >= 11 is 0. The van der Waals surface area contributed by atoms with E-state index >= 15 is 0 Å². The number of unbranched alkanes of at least 4 members (excludes halogenated alkanes) is 18. The van der Waals surface area contributed by atoms with Crippen molar-refractivity contribution in [1.82, 2.24) is 0 Å². The fourth-order valence-corrected chi connectivity index (χ4v) is 7.81. The molecule has 8 atom stereocenters. The maximum atomic E-state index is 12.8. The predicted molar refractivity (Wildman–Crippen MR) is 239 cm³/mol. The fourth-order valence-electron chi connectivity index (χ4n) is 6.84. The van der Waals surface area contributed by atoms with Crippen molar-refractivity contribution in [2.24, 2.45) is 0 Å². The van der Waals surface area contributed by atoms with Crippen molar-refractivity contribution in [1.29, 1.82) is 0 Å². The number of aliphatic hydroxyl groups is 5. The van der Waals surface area contributed by atoms with Crippen LogP contribution in [0.2, 0.25) is 0 Å². The Bertz CT molecular complexity index is 1250. The van der Waals surface area contributed by atoms with Crippen LogP contribution < -0.4 is 0 Å². The minimum absolute atomic E-state index is 0.0634. The van der Waals surface area contributed by atoms with Gasteiger partial charge >= 0.3 is 19.8 Å². The first kappa shape index (κ1) is 56.8. The van der Waals surface area contributed by atoms with Crippen LogP contribution in [0, 0.1) is 0 Å². The van der Waals surface area contributed by atoms with Crippen molar-refractivity contribution >= 4 is 19.8 Å². The topological polar surface area (TPSA) is 210 Å². The molecule has 1 aliphatic carbocycles. The standard InChI is InChI=1S/C47H83O13P/c1-3-5-7-9-11-13-15-17-19-20-22-24-26-28-30-32-34-36-41(49)59-39(38-58-61(55,56)60-47-45(53)43(51)42(50)44(52)46(47)54)37-57-40(48)35-33-31-29-27-25-23-21-18-16-14-12-10-8-6-4-2/h11,13,17,19,22,24,29,31,39,42-47,50-54H,3-10,12,14-16,18,20-21,23,25-28,30,32-38H2,1-2H3,(H,55,56)/b13-11+,19-17+,24-22+,31-29+/t39-,42?,43+,44?,45?,46?,47?/m1/s1. The van der Waals surface area contributed by atoms with E-state index in [4.69, 9.17) is 18.5 Å². The highest BCUT2D eigenvalue weighted by Crippen LogP contribution is 2.47. The van der Waals surface area contributed by atoms with Crippen molar-refractivity contribution in [2.45, 2.75) is 224 Å². The molecule has 354 valence electrons. The van der Waals surface area contributed by atoms with Crippen LogP contribution in [-0.2, 0) is 32.7 Å². The number of carbonyl (C=O) groups is 2.